The van der Waals surface area contributed by atoms with Crippen LogP contribution in [0.5, 0.6) is 0 Å². The predicted octanol–water partition coefficient (Wildman–Crippen LogP) is 2.70. The van der Waals surface area contributed by atoms with Crippen molar-refractivity contribution in [3.05, 3.63) is 65.0 Å². The van der Waals surface area contributed by atoms with Crippen molar-refractivity contribution in [1.29, 1.82) is 0 Å². The number of carbonyl (C=O) groups is 2. The molecule has 0 atom stereocenters. The molecule has 0 saturated heterocycles. The summed E-state index contributed by atoms with van der Waals surface area (Å²) in [5, 5.41) is 4.94. The summed E-state index contributed by atoms with van der Waals surface area (Å²) >= 11 is 0. The maximum absolute atomic E-state index is 13.2. The number of carbonyl (C=O) groups excluding carboxylic acids is 2. The molecular formula is C17H17FN2O2. The van der Waals surface area contributed by atoms with E-state index in [0.717, 1.165) is 11.1 Å². The molecule has 0 aliphatic carbocycles. The Bertz CT molecular complexity index is 714. The van der Waals surface area contributed by atoms with Crippen molar-refractivity contribution in [3.63, 3.8) is 0 Å². The number of benzene rings is 2. The Kier molecular flexibility index (Phi) is 4.88. The molecule has 0 radical (unpaired) electrons. The SMILES string of the molecule is Cc1cccc(CNC(=O)C(=O)Nc2cc(F)ccc2C)c1. The predicted molar refractivity (Wildman–Crippen MR) is 82.8 cm³/mol. The average Bonchev–Trinajstić information content (AvgIpc) is 2.48. The van der Waals surface area contributed by atoms with E-state index in [1.54, 1.807) is 6.92 Å². The van der Waals surface area contributed by atoms with Crippen LogP contribution in [0.2, 0.25) is 0 Å². The van der Waals surface area contributed by atoms with Crippen LogP contribution in [0, 0.1) is 19.7 Å². The molecule has 2 rings (SSSR count). The zero-order valence-electron chi connectivity index (χ0n) is 12.4. The first kappa shape index (κ1) is 15.7. The van der Waals surface area contributed by atoms with E-state index in [2.05, 4.69) is 10.6 Å². The third kappa shape index (κ3) is 4.15. The summed E-state index contributed by atoms with van der Waals surface area (Å²) in [7, 11) is 0. The van der Waals surface area contributed by atoms with Crippen LogP contribution in [0.3, 0.4) is 0 Å². The lowest BCUT2D eigenvalue weighted by Crippen LogP contribution is -2.35. The van der Waals surface area contributed by atoms with E-state index in [1.165, 1.54) is 18.2 Å². The Balaban J connectivity index is 1.95. The Morgan fingerprint density at radius 2 is 1.82 bits per heavy atom. The van der Waals surface area contributed by atoms with Crippen molar-refractivity contribution >= 4 is 17.5 Å². The van der Waals surface area contributed by atoms with Gasteiger partial charge < -0.3 is 10.6 Å². The number of halogens is 1. The molecule has 4 nitrogen and oxygen atoms in total. The molecular weight excluding hydrogens is 283 g/mol. The standard InChI is InChI=1S/C17H17FN2O2/c1-11-4-3-5-13(8-11)10-19-16(21)17(22)20-15-9-14(18)7-6-12(15)2/h3-9H,10H2,1-2H3,(H,19,21)(H,20,22). The van der Waals surface area contributed by atoms with Gasteiger partial charge in [-0.1, -0.05) is 35.9 Å². The number of amides is 2. The molecule has 2 amide bonds. The lowest BCUT2D eigenvalue weighted by molar-refractivity contribution is -0.136. The van der Waals surface area contributed by atoms with Gasteiger partial charge in [0.05, 0.1) is 0 Å². The summed E-state index contributed by atoms with van der Waals surface area (Å²) in [6.45, 7) is 3.93. The van der Waals surface area contributed by atoms with Crippen molar-refractivity contribution in [2.24, 2.45) is 0 Å². The van der Waals surface area contributed by atoms with Gasteiger partial charge in [0.25, 0.3) is 0 Å². The molecule has 0 unspecified atom stereocenters. The van der Waals surface area contributed by atoms with Gasteiger partial charge in [-0.2, -0.15) is 0 Å². The molecule has 0 spiro atoms. The Labute approximate surface area is 128 Å². The fourth-order valence-corrected chi connectivity index (χ4v) is 1.99. The van der Waals surface area contributed by atoms with Crippen LogP contribution in [-0.4, -0.2) is 11.8 Å². The van der Waals surface area contributed by atoms with E-state index in [-0.39, 0.29) is 12.2 Å². The highest BCUT2D eigenvalue weighted by Crippen LogP contribution is 2.15. The van der Waals surface area contributed by atoms with Gasteiger partial charge in [0.2, 0.25) is 0 Å². The minimum Gasteiger partial charge on any atom is -0.344 e. The number of rotatable bonds is 3. The van der Waals surface area contributed by atoms with Crippen LogP contribution in [0.1, 0.15) is 16.7 Å². The molecule has 0 bridgehead atoms. The van der Waals surface area contributed by atoms with E-state index >= 15 is 0 Å². The van der Waals surface area contributed by atoms with E-state index in [9.17, 15) is 14.0 Å². The van der Waals surface area contributed by atoms with Gasteiger partial charge in [-0.25, -0.2) is 4.39 Å². The molecule has 0 aliphatic heterocycles. The summed E-state index contributed by atoms with van der Waals surface area (Å²) in [6, 6.07) is 11.6. The van der Waals surface area contributed by atoms with Gasteiger partial charge in [0.15, 0.2) is 0 Å². The lowest BCUT2D eigenvalue weighted by atomic mass is 10.1. The largest absolute Gasteiger partial charge is 0.344 e. The maximum atomic E-state index is 13.2. The lowest BCUT2D eigenvalue weighted by Gasteiger charge is -2.09. The quantitative estimate of drug-likeness (QED) is 0.856. The zero-order chi connectivity index (χ0) is 16.1. The van der Waals surface area contributed by atoms with Gasteiger partial charge in [0.1, 0.15) is 5.82 Å². The third-order valence-electron chi connectivity index (χ3n) is 3.19. The maximum Gasteiger partial charge on any atom is 0.313 e. The molecule has 2 N–H and O–H groups in total. The minimum absolute atomic E-state index is 0.260. The number of hydrogen-bond donors (Lipinski definition) is 2. The van der Waals surface area contributed by atoms with Crippen molar-refractivity contribution in [2.75, 3.05) is 5.32 Å². The van der Waals surface area contributed by atoms with E-state index in [4.69, 9.17) is 0 Å². The second-order valence-electron chi connectivity index (χ2n) is 5.09. The first-order chi connectivity index (χ1) is 10.5. The first-order valence-corrected chi connectivity index (χ1v) is 6.86. The summed E-state index contributed by atoms with van der Waals surface area (Å²) in [5.41, 5.74) is 2.95. The minimum atomic E-state index is -0.818. The van der Waals surface area contributed by atoms with Crippen molar-refractivity contribution < 1.29 is 14.0 Å². The summed E-state index contributed by atoms with van der Waals surface area (Å²) in [6.07, 6.45) is 0. The highest BCUT2D eigenvalue weighted by atomic mass is 19.1. The topological polar surface area (TPSA) is 58.2 Å². The molecule has 0 heterocycles. The highest BCUT2D eigenvalue weighted by Gasteiger charge is 2.14. The normalized spacial score (nSPS) is 10.1. The second kappa shape index (κ2) is 6.85. The van der Waals surface area contributed by atoms with Gasteiger partial charge in [-0.3, -0.25) is 9.59 Å². The molecule has 2 aromatic rings. The van der Waals surface area contributed by atoms with Crippen molar-refractivity contribution in [1.82, 2.24) is 5.32 Å². The second-order valence-corrected chi connectivity index (χ2v) is 5.09. The molecule has 0 saturated carbocycles. The van der Waals surface area contributed by atoms with E-state index < -0.39 is 17.6 Å². The molecule has 0 fully saturated rings. The van der Waals surface area contributed by atoms with Gasteiger partial charge >= 0.3 is 11.8 Å². The van der Waals surface area contributed by atoms with Gasteiger partial charge in [0, 0.05) is 12.2 Å². The van der Waals surface area contributed by atoms with Crippen molar-refractivity contribution in [3.8, 4) is 0 Å². The summed E-state index contributed by atoms with van der Waals surface area (Å²) in [4.78, 5) is 23.6. The number of aryl methyl sites for hydroxylation is 2. The summed E-state index contributed by atoms with van der Waals surface area (Å²) in [5.74, 6) is -2.05. The highest BCUT2D eigenvalue weighted by molar-refractivity contribution is 6.39. The fraction of sp³-hybridized carbons (Fsp3) is 0.176. The fourth-order valence-electron chi connectivity index (χ4n) is 1.99. The van der Waals surface area contributed by atoms with Crippen LogP contribution in [0.4, 0.5) is 10.1 Å². The monoisotopic (exact) mass is 300 g/mol. The molecule has 2 aromatic carbocycles. The molecule has 22 heavy (non-hydrogen) atoms. The van der Waals surface area contributed by atoms with E-state index in [0.29, 0.717) is 5.56 Å². The molecule has 0 aromatic heterocycles. The van der Waals surface area contributed by atoms with Crippen LogP contribution < -0.4 is 10.6 Å². The number of hydrogen-bond acceptors (Lipinski definition) is 2. The number of nitrogens with one attached hydrogen (secondary N) is 2. The molecule has 114 valence electrons. The number of anilines is 1. The van der Waals surface area contributed by atoms with Crippen LogP contribution in [-0.2, 0) is 16.1 Å². The molecule has 0 aliphatic rings. The first-order valence-electron chi connectivity index (χ1n) is 6.86. The molecule has 5 heteroatoms. The third-order valence-corrected chi connectivity index (χ3v) is 3.19. The summed E-state index contributed by atoms with van der Waals surface area (Å²) < 4.78 is 13.2. The smallest absolute Gasteiger partial charge is 0.313 e. The van der Waals surface area contributed by atoms with Crippen molar-refractivity contribution in [2.45, 2.75) is 20.4 Å². The zero-order valence-corrected chi connectivity index (χ0v) is 12.4. The van der Waals surface area contributed by atoms with Gasteiger partial charge in [-0.05, 0) is 37.1 Å². The van der Waals surface area contributed by atoms with Gasteiger partial charge in [-0.15, -0.1) is 0 Å². The Hall–Kier alpha value is -2.69. The van der Waals surface area contributed by atoms with Crippen LogP contribution in [0.25, 0.3) is 0 Å². The van der Waals surface area contributed by atoms with Crippen LogP contribution in [0.15, 0.2) is 42.5 Å². The van der Waals surface area contributed by atoms with Crippen LogP contribution >= 0.6 is 0 Å². The Morgan fingerprint density at radius 1 is 1.05 bits per heavy atom. The average molecular weight is 300 g/mol. The van der Waals surface area contributed by atoms with E-state index in [1.807, 2.05) is 31.2 Å². The Morgan fingerprint density at radius 3 is 2.55 bits per heavy atom.